The van der Waals surface area contributed by atoms with E-state index in [0.717, 1.165) is 38.3 Å². The van der Waals surface area contributed by atoms with Crippen LogP contribution < -0.4 is 0 Å². The molecule has 11 heteroatoms. The molecule has 0 atom stereocenters. The van der Waals surface area contributed by atoms with Crippen molar-refractivity contribution >= 4 is 0 Å². The maximum atomic E-state index is 14.7. The van der Waals surface area contributed by atoms with Crippen LogP contribution in [0.15, 0.2) is 47.0 Å². The molecule has 0 aliphatic carbocycles. The van der Waals surface area contributed by atoms with E-state index in [2.05, 4.69) is 37.5 Å². The fourth-order valence-electron chi connectivity index (χ4n) is 4.41. The molecule has 0 N–H and O–H groups in total. The Bertz CT molecular complexity index is 1370. The summed E-state index contributed by atoms with van der Waals surface area (Å²) in [4.78, 5) is 2.47. The second-order valence-corrected chi connectivity index (χ2v) is 8.75. The van der Waals surface area contributed by atoms with E-state index >= 15 is 0 Å². The highest BCUT2D eigenvalue weighted by Gasteiger charge is 2.29. The van der Waals surface area contributed by atoms with Gasteiger partial charge in [0.05, 0.1) is 32.0 Å². The molecule has 2 aliphatic rings. The quantitative estimate of drug-likeness (QED) is 0.413. The monoisotopic (exact) mass is 482 g/mol. The number of benzene rings is 2. The van der Waals surface area contributed by atoms with E-state index in [4.69, 9.17) is 9.15 Å². The van der Waals surface area contributed by atoms with Crippen LogP contribution in [0.3, 0.4) is 0 Å². The van der Waals surface area contributed by atoms with Crippen LogP contribution in [-0.2, 0) is 24.2 Å². The van der Waals surface area contributed by atoms with Crippen molar-refractivity contribution in [3.05, 3.63) is 71.0 Å². The summed E-state index contributed by atoms with van der Waals surface area (Å²) in [5.74, 6) is -1.50. The number of fused-ring (bicyclic) bond motifs is 1. The van der Waals surface area contributed by atoms with Crippen molar-refractivity contribution in [2.75, 3.05) is 19.8 Å². The molecular formula is C24H21F3N6O2. The zero-order chi connectivity index (χ0) is 23.9. The van der Waals surface area contributed by atoms with Crippen molar-refractivity contribution in [2.24, 2.45) is 0 Å². The van der Waals surface area contributed by atoms with Gasteiger partial charge < -0.3 is 9.15 Å². The summed E-state index contributed by atoms with van der Waals surface area (Å²) >= 11 is 0. The van der Waals surface area contributed by atoms with Crippen LogP contribution in [0.25, 0.3) is 22.7 Å². The average molecular weight is 482 g/mol. The predicted molar refractivity (Wildman–Crippen MR) is 118 cm³/mol. The van der Waals surface area contributed by atoms with Gasteiger partial charge in [0.1, 0.15) is 11.5 Å². The van der Waals surface area contributed by atoms with Crippen molar-refractivity contribution < 1.29 is 22.3 Å². The molecule has 35 heavy (non-hydrogen) atoms. The van der Waals surface area contributed by atoms with E-state index in [1.54, 1.807) is 16.9 Å². The first-order valence-corrected chi connectivity index (χ1v) is 11.3. The lowest BCUT2D eigenvalue weighted by atomic mass is 9.95. The van der Waals surface area contributed by atoms with Gasteiger partial charge in [-0.2, -0.15) is 8.78 Å². The second kappa shape index (κ2) is 8.90. The van der Waals surface area contributed by atoms with Crippen LogP contribution in [0.1, 0.15) is 29.0 Å². The number of aromatic nitrogens is 5. The molecule has 0 bridgehead atoms. The number of halogens is 3. The molecule has 0 spiro atoms. The van der Waals surface area contributed by atoms with Gasteiger partial charge in [0.15, 0.2) is 0 Å². The minimum atomic E-state index is -2.88. The fraction of sp³-hybridized carbons (Fsp3) is 0.333. The van der Waals surface area contributed by atoms with Gasteiger partial charge in [-0.15, -0.1) is 15.3 Å². The van der Waals surface area contributed by atoms with E-state index in [9.17, 15) is 13.2 Å². The summed E-state index contributed by atoms with van der Waals surface area (Å²) in [6, 6.07) is 11.1. The Kier molecular flexibility index (Phi) is 5.57. The van der Waals surface area contributed by atoms with Gasteiger partial charge in [0.25, 0.3) is 5.89 Å². The summed E-state index contributed by atoms with van der Waals surface area (Å²) in [6.45, 7) is 3.74. The number of alkyl halides is 2. The molecule has 0 radical (unpaired) electrons. The van der Waals surface area contributed by atoms with Gasteiger partial charge in [-0.25, -0.2) is 9.07 Å². The van der Waals surface area contributed by atoms with Gasteiger partial charge >= 0.3 is 6.43 Å². The highest BCUT2D eigenvalue weighted by molar-refractivity contribution is 5.60. The highest BCUT2D eigenvalue weighted by Crippen LogP contribution is 2.28. The predicted octanol–water partition coefficient (Wildman–Crippen LogP) is 3.88. The minimum Gasteiger partial charge on any atom is -0.415 e. The average Bonchev–Trinajstić information content (AvgIpc) is 3.49. The Balaban J connectivity index is 1.16. The largest absolute Gasteiger partial charge is 0.415 e. The molecule has 0 amide bonds. The SMILES string of the molecule is Fc1cc(-c2nnc(C(F)F)o2)ccc1Cn1cc(-c2ccc3c(c2)CCN(C2COC2)C3)nn1. The number of ether oxygens (including phenoxy) is 1. The Morgan fingerprint density at radius 1 is 1.00 bits per heavy atom. The third-order valence-corrected chi connectivity index (χ3v) is 6.48. The summed E-state index contributed by atoms with van der Waals surface area (Å²) in [7, 11) is 0. The van der Waals surface area contributed by atoms with E-state index in [1.165, 1.54) is 23.3 Å². The smallest absolute Gasteiger partial charge is 0.314 e. The van der Waals surface area contributed by atoms with Crippen molar-refractivity contribution in [2.45, 2.75) is 32.0 Å². The number of rotatable bonds is 6. The number of nitrogens with zero attached hydrogens (tertiary/aromatic N) is 6. The van der Waals surface area contributed by atoms with Gasteiger partial charge in [-0.05, 0) is 35.7 Å². The normalized spacial score (nSPS) is 16.5. The molecule has 0 saturated carbocycles. The molecule has 0 unspecified atom stereocenters. The standard InChI is InChI=1S/C24H21F3N6O2/c25-20-8-16(23-29-30-24(35-23)22(26)27)2-4-18(20)10-33-11-21(28-31-33)15-1-3-17-9-32(19-12-34-13-19)6-5-14(17)7-15/h1-4,7-8,11,19,22H,5-6,9-10,12-13H2. The lowest BCUT2D eigenvalue weighted by Gasteiger charge is -2.40. The molecule has 2 aromatic carbocycles. The van der Waals surface area contributed by atoms with Crippen LogP contribution >= 0.6 is 0 Å². The van der Waals surface area contributed by atoms with Crippen molar-refractivity contribution in [3.63, 3.8) is 0 Å². The summed E-state index contributed by atoms with van der Waals surface area (Å²) in [6.07, 6.45) is -0.123. The zero-order valence-corrected chi connectivity index (χ0v) is 18.6. The molecule has 1 fully saturated rings. The molecule has 6 rings (SSSR count). The third kappa shape index (κ3) is 4.32. The summed E-state index contributed by atoms with van der Waals surface area (Å²) in [5.41, 5.74) is 4.91. The van der Waals surface area contributed by atoms with Crippen LogP contribution in [0, 0.1) is 5.82 Å². The van der Waals surface area contributed by atoms with Crippen molar-refractivity contribution in [1.82, 2.24) is 30.1 Å². The Morgan fingerprint density at radius 2 is 1.86 bits per heavy atom. The van der Waals surface area contributed by atoms with E-state index in [0.29, 0.717) is 17.3 Å². The van der Waals surface area contributed by atoms with E-state index in [1.807, 2.05) is 6.07 Å². The van der Waals surface area contributed by atoms with Gasteiger partial charge in [-0.1, -0.05) is 23.4 Å². The first-order chi connectivity index (χ1) is 17.0. The van der Waals surface area contributed by atoms with Gasteiger partial charge in [0.2, 0.25) is 5.89 Å². The van der Waals surface area contributed by atoms with E-state index < -0.39 is 18.1 Å². The highest BCUT2D eigenvalue weighted by atomic mass is 19.3. The first kappa shape index (κ1) is 21.9. The number of hydrogen-bond acceptors (Lipinski definition) is 7. The fourth-order valence-corrected chi connectivity index (χ4v) is 4.41. The van der Waals surface area contributed by atoms with Crippen molar-refractivity contribution in [1.29, 1.82) is 0 Å². The number of hydrogen-bond donors (Lipinski definition) is 0. The molecule has 2 aliphatic heterocycles. The third-order valence-electron chi connectivity index (χ3n) is 6.48. The van der Waals surface area contributed by atoms with Crippen LogP contribution in [0.5, 0.6) is 0 Å². The zero-order valence-electron chi connectivity index (χ0n) is 18.6. The second-order valence-electron chi connectivity index (χ2n) is 8.75. The summed E-state index contributed by atoms with van der Waals surface area (Å²) in [5, 5.41) is 15.2. The topological polar surface area (TPSA) is 82.1 Å². The van der Waals surface area contributed by atoms with Crippen LogP contribution in [-0.4, -0.2) is 55.9 Å². The molecule has 180 valence electrons. The molecular weight excluding hydrogens is 461 g/mol. The minimum absolute atomic E-state index is 0.161. The lowest BCUT2D eigenvalue weighted by Crippen LogP contribution is -2.50. The Morgan fingerprint density at radius 3 is 2.60 bits per heavy atom. The molecule has 8 nitrogen and oxygen atoms in total. The van der Waals surface area contributed by atoms with Crippen LogP contribution in [0.2, 0.25) is 0 Å². The maximum Gasteiger partial charge on any atom is 0.314 e. The van der Waals surface area contributed by atoms with Gasteiger partial charge in [-0.3, -0.25) is 4.90 Å². The Labute approximate surface area is 198 Å². The van der Waals surface area contributed by atoms with Gasteiger partial charge in [0, 0.05) is 29.8 Å². The molecule has 4 heterocycles. The Hall–Kier alpha value is -3.57. The first-order valence-electron chi connectivity index (χ1n) is 11.3. The van der Waals surface area contributed by atoms with Crippen LogP contribution in [0.4, 0.5) is 13.2 Å². The summed E-state index contributed by atoms with van der Waals surface area (Å²) < 4.78 is 51.8. The lowest BCUT2D eigenvalue weighted by molar-refractivity contribution is -0.0694. The molecule has 2 aromatic heterocycles. The van der Waals surface area contributed by atoms with Crippen molar-refractivity contribution in [3.8, 4) is 22.7 Å². The molecule has 1 saturated heterocycles. The molecule has 4 aromatic rings. The maximum absolute atomic E-state index is 14.7. The van der Waals surface area contributed by atoms with E-state index in [-0.39, 0.29) is 18.0 Å².